The number of halogens is 2. The van der Waals surface area contributed by atoms with E-state index in [1.807, 2.05) is 54.6 Å². The average molecular weight is 499 g/mol. The molecule has 3 aliphatic rings. The maximum Gasteiger partial charge on any atom is 0.310 e. The summed E-state index contributed by atoms with van der Waals surface area (Å²) in [5, 5.41) is 23.2. The zero-order valence-corrected chi connectivity index (χ0v) is 18.5. The lowest BCUT2D eigenvalue weighted by molar-refractivity contribution is -0.147. The number of carboxylic acid groups (broad SMARTS) is 1. The van der Waals surface area contributed by atoms with Crippen LogP contribution in [-0.2, 0) is 16.0 Å². The number of aromatic nitrogens is 1. The number of pyridine rings is 1. The molecule has 2 fully saturated rings. The second-order valence-corrected chi connectivity index (χ2v) is 9.91. The molecule has 0 radical (unpaired) electrons. The monoisotopic (exact) mass is 497 g/mol. The molecule has 2 N–H and O–H groups in total. The molecule has 0 amide bonds. The molecule has 3 aromatic rings. The minimum atomic E-state index is -1.61. The van der Waals surface area contributed by atoms with Crippen molar-refractivity contribution in [3.8, 4) is 5.75 Å². The van der Waals surface area contributed by atoms with Crippen molar-refractivity contribution in [1.82, 2.24) is 4.98 Å². The van der Waals surface area contributed by atoms with Gasteiger partial charge >= 0.3 is 5.97 Å². The van der Waals surface area contributed by atoms with Crippen LogP contribution in [0.25, 0.3) is 0 Å². The standard InChI is InChI=1S/C24H17BrClNO4/c25-15-8-6-14(7-9-15)24-19(13-4-2-1-3-5-13)22(21(28)29)11-18(22)23(24,30)20-17(31-24)10-16(26)12-27-20/h1-10,12,18-19,30H,11H2,(H,28,29)/t18-,19+,22-,23+,24-/m0/s1. The lowest BCUT2D eigenvalue weighted by atomic mass is 9.67. The van der Waals surface area contributed by atoms with Gasteiger partial charge in [0.1, 0.15) is 11.4 Å². The Morgan fingerprint density at radius 1 is 1.16 bits per heavy atom. The third kappa shape index (κ3) is 2.15. The summed E-state index contributed by atoms with van der Waals surface area (Å²) in [5.74, 6) is -1.70. The van der Waals surface area contributed by atoms with Gasteiger partial charge in [-0.15, -0.1) is 0 Å². The van der Waals surface area contributed by atoms with Gasteiger partial charge in [0.25, 0.3) is 0 Å². The van der Waals surface area contributed by atoms with Crippen LogP contribution in [0.15, 0.2) is 71.3 Å². The largest absolute Gasteiger partial charge is 0.481 e. The van der Waals surface area contributed by atoms with E-state index < -0.39 is 34.4 Å². The molecule has 1 aromatic heterocycles. The smallest absolute Gasteiger partial charge is 0.310 e. The highest BCUT2D eigenvalue weighted by atomic mass is 79.9. The van der Waals surface area contributed by atoms with Gasteiger partial charge in [-0.1, -0.05) is 70.0 Å². The van der Waals surface area contributed by atoms with Crippen LogP contribution in [-0.4, -0.2) is 21.2 Å². The van der Waals surface area contributed by atoms with Gasteiger partial charge in [0.15, 0.2) is 11.2 Å². The molecule has 6 rings (SSSR count). The number of hydrogen-bond donors (Lipinski definition) is 2. The van der Waals surface area contributed by atoms with Gasteiger partial charge in [0, 0.05) is 28.6 Å². The van der Waals surface area contributed by atoms with Crippen LogP contribution in [0.5, 0.6) is 5.75 Å². The van der Waals surface area contributed by atoms with Crippen LogP contribution in [0, 0.1) is 11.3 Å². The highest BCUT2D eigenvalue weighted by Gasteiger charge is 2.90. The first-order valence-corrected chi connectivity index (χ1v) is 11.1. The first kappa shape index (κ1) is 19.3. The zero-order chi connectivity index (χ0) is 21.6. The maximum atomic E-state index is 12.7. The van der Waals surface area contributed by atoms with Gasteiger partial charge in [0.05, 0.1) is 10.4 Å². The predicted molar refractivity (Wildman–Crippen MR) is 117 cm³/mol. The van der Waals surface area contributed by atoms with Crippen LogP contribution < -0.4 is 4.74 Å². The summed E-state index contributed by atoms with van der Waals surface area (Å²) in [7, 11) is 0. The molecule has 5 atom stereocenters. The average Bonchev–Trinajstić information content (AvgIpc) is 3.40. The molecule has 0 unspecified atom stereocenters. The zero-order valence-electron chi connectivity index (χ0n) is 16.1. The molecule has 2 heterocycles. The second-order valence-electron chi connectivity index (χ2n) is 8.56. The second kappa shape index (κ2) is 6.09. The summed E-state index contributed by atoms with van der Waals surface area (Å²) in [6.07, 6.45) is 1.82. The van der Waals surface area contributed by atoms with Crippen molar-refractivity contribution in [1.29, 1.82) is 0 Å². The summed E-state index contributed by atoms with van der Waals surface area (Å²) in [6.45, 7) is 0. The molecule has 1 aliphatic heterocycles. The van der Waals surface area contributed by atoms with E-state index in [0.717, 1.165) is 10.0 Å². The van der Waals surface area contributed by atoms with E-state index in [1.165, 1.54) is 6.20 Å². The van der Waals surface area contributed by atoms with Crippen molar-refractivity contribution in [3.05, 3.63) is 93.2 Å². The van der Waals surface area contributed by atoms with Crippen LogP contribution in [0.3, 0.4) is 0 Å². The van der Waals surface area contributed by atoms with E-state index in [9.17, 15) is 15.0 Å². The van der Waals surface area contributed by atoms with Crippen LogP contribution >= 0.6 is 27.5 Å². The number of benzene rings is 2. The van der Waals surface area contributed by atoms with Gasteiger partial charge in [-0.05, 0) is 29.7 Å². The topological polar surface area (TPSA) is 79.7 Å². The minimum absolute atomic E-state index is 0.351. The van der Waals surface area contributed by atoms with Gasteiger partial charge in [-0.25, -0.2) is 0 Å². The molecule has 31 heavy (non-hydrogen) atoms. The Morgan fingerprint density at radius 2 is 1.87 bits per heavy atom. The van der Waals surface area contributed by atoms with E-state index in [1.54, 1.807) is 6.07 Å². The van der Waals surface area contributed by atoms with E-state index in [4.69, 9.17) is 16.3 Å². The first-order chi connectivity index (χ1) is 14.9. The van der Waals surface area contributed by atoms with Crippen LogP contribution in [0.2, 0.25) is 5.02 Å². The normalized spacial score (nSPS) is 34.4. The van der Waals surface area contributed by atoms with E-state index in [0.29, 0.717) is 28.5 Å². The molecule has 5 nitrogen and oxygen atoms in total. The fourth-order valence-electron chi connectivity index (χ4n) is 6.08. The Balaban J connectivity index is 1.71. The SMILES string of the molecule is O=C(O)[C@@]12C[C@@H]1[C@@]1(O)c3ncc(Cl)cc3O[C@@]1(c1ccc(Br)cc1)[C@@H]2c1ccccc1. The van der Waals surface area contributed by atoms with Crippen molar-refractivity contribution in [3.63, 3.8) is 0 Å². The quantitative estimate of drug-likeness (QED) is 0.539. The summed E-state index contributed by atoms with van der Waals surface area (Å²) in [6, 6.07) is 18.6. The highest BCUT2D eigenvalue weighted by Crippen LogP contribution is 2.84. The number of nitrogens with zero attached hydrogens (tertiary/aromatic N) is 1. The third-order valence-electron chi connectivity index (χ3n) is 7.25. The number of ether oxygens (including phenoxy) is 1. The molecule has 0 saturated heterocycles. The van der Waals surface area contributed by atoms with Gasteiger partial charge in [-0.2, -0.15) is 0 Å². The van der Waals surface area contributed by atoms with Crippen LogP contribution in [0.1, 0.15) is 29.2 Å². The fourth-order valence-corrected chi connectivity index (χ4v) is 6.49. The van der Waals surface area contributed by atoms with Crippen molar-refractivity contribution in [2.45, 2.75) is 23.5 Å². The number of hydrogen-bond acceptors (Lipinski definition) is 4. The Kier molecular flexibility index (Phi) is 3.79. The molecule has 7 heteroatoms. The van der Waals surface area contributed by atoms with E-state index in [-0.39, 0.29) is 0 Å². The molecule has 2 saturated carbocycles. The maximum absolute atomic E-state index is 12.7. The number of aliphatic carboxylic acids is 1. The Hall–Kier alpha value is -2.41. The minimum Gasteiger partial charge on any atom is -0.481 e. The number of rotatable bonds is 3. The number of carboxylic acids is 1. The van der Waals surface area contributed by atoms with E-state index >= 15 is 0 Å². The van der Waals surface area contributed by atoms with Crippen molar-refractivity contribution >= 4 is 33.5 Å². The first-order valence-electron chi connectivity index (χ1n) is 9.97. The van der Waals surface area contributed by atoms with Crippen molar-refractivity contribution < 1.29 is 19.7 Å². The molecule has 156 valence electrons. The summed E-state index contributed by atoms with van der Waals surface area (Å²) in [5.41, 5.74) is -2.25. The molecule has 0 spiro atoms. The molecule has 0 bridgehead atoms. The number of fused-ring (bicyclic) bond motifs is 5. The van der Waals surface area contributed by atoms with Gasteiger partial charge < -0.3 is 14.9 Å². The summed E-state index contributed by atoms with van der Waals surface area (Å²) < 4.78 is 7.47. The summed E-state index contributed by atoms with van der Waals surface area (Å²) in [4.78, 5) is 17.1. The fraction of sp³-hybridized carbons (Fsp3) is 0.250. The molecule has 2 aromatic carbocycles. The number of carbonyl (C=O) groups is 1. The van der Waals surface area contributed by atoms with Gasteiger partial charge in [0.2, 0.25) is 0 Å². The lowest BCUT2D eigenvalue weighted by Crippen LogP contribution is -2.51. The third-order valence-corrected chi connectivity index (χ3v) is 7.99. The van der Waals surface area contributed by atoms with Crippen LogP contribution in [0.4, 0.5) is 0 Å². The van der Waals surface area contributed by atoms with Crippen molar-refractivity contribution in [2.24, 2.45) is 11.3 Å². The van der Waals surface area contributed by atoms with Crippen molar-refractivity contribution in [2.75, 3.05) is 0 Å². The molecular formula is C24H17BrClNO4. The number of aliphatic hydroxyl groups is 1. The predicted octanol–water partition coefficient (Wildman–Crippen LogP) is 4.86. The summed E-state index contributed by atoms with van der Waals surface area (Å²) >= 11 is 9.65. The molecule has 2 aliphatic carbocycles. The lowest BCUT2D eigenvalue weighted by Gasteiger charge is -2.43. The van der Waals surface area contributed by atoms with E-state index in [2.05, 4.69) is 20.9 Å². The Labute approximate surface area is 191 Å². The Morgan fingerprint density at radius 3 is 2.55 bits per heavy atom. The highest BCUT2D eigenvalue weighted by molar-refractivity contribution is 9.10. The Bertz CT molecular complexity index is 1240. The molecular weight excluding hydrogens is 482 g/mol. The van der Waals surface area contributed by atoms with Gasteiger partial charge in [-0.3, -0.25) is 9.78 Å².